The van der Waals surface area contributed by atoms with Crippen molar-refractivity contribution in [1.29, 1.82) is 0 Å². The molecule has 0 saturated carbocycles. The van der Waals surface area contributed by atoms with Crippen LogP contribution in [0.1, 0.15) is 25.3 Å². The van der Waals surface area contributed by atoms with Crippen LogP contribution in [0.25, 0.3) is 0 Å². The maximum absolute atomic E-state index is 11.6. The molecule has 0 aromatic heterocycles. The number of aryl methyl sites for hydroxylation is 1. The van der Waals surface area contributed by atoms with Gasteiger partial charge in [-0.05, 0) is 37.1 Å². The number of amides is 1. The average Bonchev–Trinajstić information content (AvgIpc) is 2.36. The van der Waals surface area contributed by atoms with Gasteiger partial charge in [-0.25, -0.2) is 0 Å². The van der Waals surface area contributed by atoms with Crippen molar-refractivity contribution in [2.24, 2.45) is 0 Å². The van der Waals surface area contributed by atoms with E-state index in [1.54, 1.807) is 0 Å². The van der Waals surface area contributed by atoms with Crippen LogP contribution in [0.5, 0.6) is 0 Å². The summed E-state index contributed by atoms with van der Waals surface area (Å²) >= 11 is 3.43. The third-order valence-electron chi connectivity index (χ3n) is 2.58. The summed E-state index contributed by atoms with van der Waals surface area (Å²) in [6.45, 7) is 4.69. The second kappa shape index (κ2) is 9.11. The van der Waals surface area contributed by atoms with Gasteiger partial charge in [0.2, 0.25) is 5.91 Å². The molecular weight excluding hydrogens is 292 g/mol. The number of nitrogens with one attached hydrogen (secondary N) is 2. The number of halogens is 1. The summed E-state index contributed by atoms with van der Waals surface area (Å²) in [5.74, 6) is 0.119. The lowest BCUT2D eigenvalue weighted by Gasteiger charge is -2.06. The summed E-state index contributed by atoms with van der Waals surface area (Å²) in [4.78, 5) is 11.6. The molecule has 100 valence electrons. The zero-order chi connectivity index (χ0) is 13.2. The Morgan fingerprint density at radius 1 is 1.28 bits per heavy atom. The fraction of sp³-hybridized carbons (Fsp3) is 0.500. The van der Waals surface area contributed by atoms with Crippen LogP contribution >= 0.6 is 15.9 Å². The zero-order valence-electron chi connectivity index (χ0n) is 10.8. The number of hydrogen-bond acceptors (Lipinski definition) is 2. The minimum Gasteiger partial charge on any atom is -0.355 e. The zero-order valence-corrected chi connectivity index (χ0v) is 12.4. The van der Waals surface area contributed by atoms with Gasteiger partial charge in [0.1, 0.15) is 0 Å². The van der Waals surface area contributed by atoms with Gasteiger partial charge in [0.25, 0.3) is 0 Å². The third kappa shape index (κ3) is 6.77. The van der Waals surface area contributed by atoms with Crippen molar-refractivity contribution in [3.8, 4) is 0 Å². The molecule has 1 aromatic rings. The van der Waals surface area contributed by atoms with E-state index in [-0.39, 0.29) is 5.91 Å². The molecule has 1 rings (SSSR count). The van der Waals surface area contributed by atoms with Gasteiger partial charge in [0.05, 0.1) is 0 Å². The van der Waals surface area contributed by atoms with Crippen LogP contribution in [0.4, 0.5) is 0 Å². The molecule has 0 radical (unpaired) electrons. The van der Waals surface area contributed by atoms with Crippen molar-refractivity contribution in [2.75, 3.05) is 19.6 Å². The van der Waals surface area contributed by atoms with Crippen molar-refractivity contribution in [2.45, 2.75) is 26.2 Å². The molecule has 2 N–H and O–H groups in total. The Bertz CT molecular complexity index is 369. The number of benzene rings is 1. The van der Waals surface area contributed by atoms with Gasteiger partial charge in [-0.1, -0.05) is 35.0 Å². The first kappa shape index (κ1) is 15.2. The number of rotatable bonds is 8. The van der Waals surface area contributed by atoms with E-state index in [0.29, 0.717) is 13.0 Å². The highest BCUT2D eigenvalue weighted by molar-refractivity contribution is 9.10. The molecule has 18 heavy (non-hydrogen) atoms. The lowest BCUT2D eigenvalue weighted by atomic mass is 10.1. The van der Waals surface area contributed by atoms with Crippen molar-refractivity contribution in [1.82, 2.24) is 10.6 Å². The van der Waals surface area contributed by atoms with E-state index >= 15 is 0 Å². The van der Waals surface area contributed by atoms with E-state index < -0.39 is 0 Å². The topological polar surface area (TPSA) is 41.1 Å². The molecule has 1 amide bonds. The van der Waals surface area contributed by atoms with Gasteiger partial charge in [-0.3, -0.25) is 4.79 Å². The quantitative estimate of drug-likeness (QED) is 0.724. The Hall–Kier alpha value is -0.870. The lowest BCUT2D eigenvalue weighted by Crippen LogP contribution is -2.32. The van der Waals surface area contributed by atoms with Gasteiger partial charge in [0, 0.05) is 24.0 Å². The van der Waals surface area contributed by atoms with E-state index in [2.05, 4.69) is 39.6 Å². The molecule has 0 heterocycles. The second-order valence-electron chi connectivity index (χ2n) is 4.23. The lowest BCUT2D eigenvalue weighted by molar-refractivity contribution is -0.121. The van der Waals surface area contributed by atoms with Crippen LogP contribution < -0.4 is 10.6 Å². The number of carbonyl (C=O) groups excluding carboxylic acids is 1. The minimum atomic E-state index is 0.119. The summed E-state index contributed by atoms with van der Waals surface area (Å²) < 4.78 is 1.06. The summed E-state index contributed by atoms with van der Waals surface area (Å²) in [5, 5.41) is 6.16. The maximum Gasteiger partial charge on any atom is 0.220 e. The van der Waals surface area contributed by atoms with Gasteiger partial charge < -0.3 is 10.6 Å². The van der Waals surface area contributed by atoms with E-state index in [1.807, 2.05) is 18.2 Å². The molecule has 0 fully saturated rings. The molecule has 0 atom stereocenters. The maximum atomic E-state index is 11.6. The normalized spacial score (nSPS) is 10.3. The molecule has 0 bridgehead atoms. The molecule has 1 aromatic carbocycles. The summed E-state index contributed by atoms with van der Waals surface area (Å²) in [6.07, 6.45) is 2.45. The van der Waals surface area contributed by atoms with Crippen molar-refractivity contribution >= 4 is 21.8 Å². The van der Waals surface area contributed by atoms with E-state index in [1.165, 1.54) is 5.56 Å². The fourth-order valence-corrected chi connectivity index (χ4v) is 2.08. The first-order valence-electron chi connectivity index (χ1n) is 6.44. The van der Waals surface area contributed by atoms with Gasteiger partial charge in [0.15, 0.2) is 0 Å². The Balaban J connectivity index is 2.13. The SMILES string of the molecule is CCCNCCNC(=O)CCc1cccc(Br)c1. The number of hydrogen-bond donors (Lipinski definition) is 2. The molecule has 0 spiro atoms. The molecule has 0 aliphatic carbocycles. The molecule has 0 aliphatic heterocycles. The highest BCUT2D eigenvalue weighted by atomic mass is 79.9. The summed E-state index contributed by atoms with van der Waals surface area (Å²) in [5.41, 5.74) is 1.18. The predicted molar refractivity (Wildman–Crippen MR) is 78.6 cm³/mol. The van der Waals surface area contributed by atoms with E-state index in [4.69, 9.17) is 0 Å². The largest absolute Gasteiger partial charge is 0.355 e. The highest BCUT2D eigenvalue weighted by Gasteiger charge is 2.01. The summed E-state index contributed by atoms with van der Waals surface area (Å²) in [7, 11) is 0. The Kier molecular flexibility index (Phi) is 7.69. The minimum absolute atomic E-state index is 0.119. The van der Waals surface area contributed by atoms with Crippen molar-refractivity contribution in [3.05, 3.63) is 34.3 Å². The van der Waals surface area contributed by atoms with Crippen LogP contribution in [0.2, 0.25) is 0 Å². The van der Waals surface area contributed by atoms with Crippen LogP contribution in [0.3, 0.4) is 0 Å². The molecule has 0 unspecified atom stereocenters. The average molecular weight is 313 g/mol. The standard InChI is InChI=1S/C14H21BrN2O/c1-2-8-16-9-10-17-14(18)7-6-12-4-3-5-13(15)11-12/h3-5,11,16H,2,6-10H2,1H3,(H,17,18). The smallest absolute Gasteiger partial charge is 0.220 e. The third-order valence-corrected chi connectivity index (χ3v) is 3.07. The number of carbonyl (C=O) groups is 1. The van der Waals surface area contributed by atoms with Gasteiger partial charge >= 0.3 is 0 Å². The van der Waals surface area contributed by atoms with Crippen LogP contribution in [0.15, 0.2) is 28.7 Å². The monoisotopic (exact) mass is 312 g/mol. The van der Waals surface area contributed by atoms with Gasteiger partial charge in [-0.15, -0.1) is 0 Å². The Labute approximate surface area is 117 Å². The van der Waals surface area contributed by atoms with Crippen LogP contribution in [-0.4, -0.2) is 25.5 Å². The van der Waals surface area contributed by atoms with Crippen molar-refractivity contribution < 1.29 is 4.79 Å². The second-order valence-corrected chi connectivity index (χ2v) is 5.15. The highest BCUT2D eigenvalue weighted by Crippen LogP contribution is 2.12. The van der Waals surface area contributed by atoms with E-state index in [9.17, 15) is 4.79 Å². The first-order valence-corrected chi connectivity index (χ1v) is 7.23. The Morgan fingerprint density at radius 3 is 2.83 bits per heavy atom. The summed E-state index contributed by atoms with van der Waals surface area (Å²) in [6, 6.07) is 8.08. The fourth-order valence-electron chi connectivity index (χ4n) is 1.63. The van der Waals surface area contributed by atoms with Gasteiger partial charge in [-0.2, -0.15) is 0 Å². The Morgan fingerprint density at radius 2 is 2.11 bits per heavy atom. The van der Waals surface area contributed by atoms with Crippen LogP contribution in [0, 0.1) is 0 Å². The molecule has 0 saturated heterocycles. The first-order chi connectivity index (χ1) is 8.72. The molecular formula is C14H21BrN2O. The molecule has 0 aliphatic rings. The predicted octanol–water partition coefficient (Wildman–Crippen LogP) is 2.50. The van der Waals surface area contributed by atoms with E-state index in [0.717, 1.165) is 30.4 Å². The molecule has 3 nitrogen and oxygen atoms in total. The molecule has 4 heteroatoms. The van der Waals surface area contributed by atoms with Crippen molar-refractivity contribution in [3.63, 3.8) is 0 Å². The van der Waals surface area contributed by atoms with Crippen LogP contribution in [-0.2, 0) is 11.2 Å².